The highest BCUT2D eigenvalue weighted by molar-refractivity contribution is 14.1. The molecule has 0 amide bonds. The second-order valence-corrected chi connectivity index (χ2v) is 5.55. The fraction of sp³-hybridized carbons (Fsp3) is 1.00. The predicted molar refractivity (Wildman–Crippen MR) is 63.8 cm³/mol. The second kappa shape index (κ2) is 5.46. The van der Waals surface area contributed by atoms with Crippen LogP contribution in [0.4, 0.5) is 0 Å². The molecule has 0 radical (unpaired) electrons. The van der Waals surface area contributed by atoms with Gasteiger partial charge >= 0.3 is 0 Å². The van der Waals surface area contributed by atoms with Crippen molar-refractivity contribution in [2.24, 2.45) is 17.8 Å². The summed E-state index contributed by atoms with van der Waals surface area (Å²) >= 11 is 2.50. The van der Waals surface area contributed by atoms with Gasteiger partial charge in [-0.2, -0.15) is 0 Å². The van der Waals surface area contributed by atoms with Crippen LogP contribution in [0.5, 0.6) is 0 Å². The summed E-state index contributed by atoms with van der Waals surface area (Å²) in [7, 11) is 0. The summed E-state index contributed by atoms with van der Waals surface area (Å²) in [6.07, 6.45) is 7.39. The van der Waals surface area contributed by atoms with Crippen LogP contribution in [0.1, 0.15) is 46.0 Å². The van der Waals surface area contributed by atoms with Crippen molar-refractivity contribution in [2.45, 2.75) is 46.0 Å². The van der Waals surface area contributed by atoms with Crippen LogP contribution in [0.3, 0.4) is 0 Å². The lowest BCUT2D eigenvalue weighted by atomic mass is 9.76. The topological polar surface area (TPSA) is 0 Å². The van der Waals surface area contributed by atoms with Crippen LogP contribution in [0.2, 0.25) is 0 Å². The van der Waals surface area contributed by atoms with E-state index in [9.17, 15) is 0 Å². The van der Waals surface area contributed by atoms with Gasteiger partial charge in [-0.05, 0) is 41.4 Å². The lowest BCUT2D eigenvalue weighted by molar-refractivity contribution is 0.221. The monoisotopic (exact) mass is 280 g/mol. The third-order valence-electron chi connectivity index (χ3n) is 3.43. The molecule has 1 saturated carbocycles. The SMILES string of the molecule is CC1CCC(C(C)CCI)CC1. The molecule has 1 aliphatic carbocycles. The van der Waals surface area contributed by atoms with Gasteiger partial charge in [0, 0.05) is 0 Å². The first-order chi connectivity index (χ1) is 5.74. The van der Waals surface area contributed by atoms with E-state index >= 15 is 0 Å². The summed E-state index contributed by atoms with van der Waals surface area (Å²) in [5.41, 5.74) is 0. The Hall–Kier alpha value is 0.730. The molecule has 12 heavy (non-hydrogen) atoms. The second-order valence-electron chi connectivity index (χ2n) is 4.47. The molecule has 1 unspecified atom stereocenters. The van der Waals surface area contributed by atoms with Gasteiger partial charge in [0.25, 0.3) is 0 Å². The van der Waals surface area contributed by atoms with E-state index in [2.05, 4.69) is 36.4 Å². The number of hydrogen-bond donors (Lipinski definition) is 0. The molecule has 1 heteroatoms. The zero-order valence-corrected chi connectivity index (χ0v) is 10.5. The van der Waals surface area contributed by atoms with E-state index in [0.29, 0.717) is 0 Å². The lowest BCUT2D eigenvalue weighted by Gasteiger charge is -2.30. The van der Waals surface area contributed by atoms with E-state index in [0.717, 1.165) is 17.8 Å². The van der Waals surface area contributed by atoms with Crippen molar-refractivity contribution >= 4 is 22.6 Å². The predicted octanol–water partition coefficient (Wildman–Crippen LogP) is 4.27. The van der Waals surface area contributed by atoms with Crippen LogP contribution in [0.15, 0.2) is 0 Å². The van der Waals surface area contributed by atoms with Gasteiger partial charge in [0.05, 0.1) is 0 Å². The molecule has 1 rings (SSSR count). The Morgan fingerprint density at radius 3 is 2.33 bits per heavy atom. The average molecular weight is 280 g/mol. The molecule has 0 bridgehead atoms. The van der Waals surface area contributed by atoms with E-state index in [1.807, 2.05) is 0 Å². The van der Waals surface area contributed by atoms with Crippen molar-refractivity contribution in [3.05, 3.63) is 0 Å². The Morgan fingerprint density at radius 1 is 1.25 bits per heavy atom. The molecule has 1 aliphatic rings. The zero-order valence-electron chi connectivity index (χ0n) is 8.35. The minimum Gasteiger partial charge on any atom is -0.0864 e. The summed E-state index contributed by atoms with van der Waals surface area (Å²) in [6, 6.07) is 0. The number of hydrogen-bond acceptors (Lipinski definition) is 0. The molecule has 0 saturated heterocycles. The highest BCUT2D eigenvalue weighted by Crippen LogP contribution is 2.34. The maximum atomic E-state index is 2.50. The van der Waals surface area contributed by atoms with E-state index in [-0.39, 0.29) is 0 Å². The van der Waals surface area contributed by atoms with E-state index in [4.69, 9.17) is 0 Å². The molecule has 1 atom stereocenters. The summed E-state index contributed by atoms with van der Waals surface area (Å²) in [5, 5.41) is 0. The van der Waals surface area contributed by atoms with Crippen LogP contribution in [-0.4, -0.2) is 4.43 Å². The average Bonchev–Trinajstić information content (AvgIpc) is 2.06. The molecule has 0 nitrogen and oxygen atoms in total. The van der Waals surface area contributed by atoms with E-state index in [1.165, 1.54) is 36.5 Å². The molecule has 0 aromatic heterocycles. The van der Waals surface area contributed by atoms with Gasteiger partial charge in [-0.1, -0.05) is 49.3 Å². The fourth-order valence-corrected chi connectivity index (χ4v) is 3.25. The molecular formula is C11H21I. The number of halogens is 1. The lowest BCUT2D eigenvalue weighted by Crippen LogP contribution is -2.19. The third kappa shape index (κ3) is 3.23. The molecule has 0 N–H and O–H groups in total. The van der Waals surface area contributed by atoms with Gasteiger partial charge < -0.3 is 0 Å². The minimum absolute atomic E-state index is 0.981. The Kier molecular flexibility index (Phi) is 4.92. The van der Waals surface area contributed by atoms with Gasteiger partial charge in [0.2, 0.25) is 0 Å². The van der Waals surface area contributed by atoms with Gasteiger partial charge in [-0.15, -0.1) is 0 Å². The van der Waals surface area contributed by atoms with Crippen molar-refractivity contribution < 1.29 is 0 Å². The van der Waals surface area contributed by atoms with Crippen LogP contribution < -0.4 is 0 Å². The Morgan fingerprint density at radius 2 is 1.83 bits per heavy atom. The highest BCUT2D eigenvalue weighted by atomic mass is 127. The Labute approximate surface area is 90.6 Å². The van der Waals surface area contributed by atoms with Crippen molar-refractivity contribution in [1.82, 2.24) is 0 Å². The van der Waals surface area contributed by atoms with Crippen LogP contribution in [-0.2, 0) is 0 Å². The Balaban J connectivity index is 2.24. The summed E-state index contributed by atoms with van der Waals surface area (Å²) in [6.45, 7) is 4.85. The first kappa shape index (κ1) is 10.8. The largest absolute Gasteiger partial charge is 0.0864 e. The molecule has 0 aliphatic heterocycles. The van der Waals surface area contributed by atoms with Gasteiger partial charge in [-0.3, -0.25) is 0 Å². The molecule has 0 heterocycles. The summed E-state index contributed by atoms with van der Waals surface area (Å²) in [5.74, 6) is 3.04. The molecule has 1 fully saturated rings. The van der Waals surface area contributed by atoms with Crippen molar-refractivity contribution in [2.75, 3.05) is 4.43 Å². The van der Waals surface area contributed by atoms with Gasteiger partial charge in [-0.25, -0.2) is 0 Å². The summed E-state index contributed by atoms with van der Waals surface area (Å²) < 4.78 is 1.34. The van der Waals surface area contributed by atoms with Crippen molar-refractivity contribution in [1.29, 1.82) is 0 Å². The van der Waals surface area contributed by atoms with Crippen LogP contribution in [0.25, 0.3) is 0 Å². The van der Waals surface area contributed by atoms with Crippen LogP contribution in [0, 0.1) is 17.8 Å². The number of alkyl halides is 1. The number of rotatable bonds is 3. The maximum absolute atomic E-state index is 2.50. The van der Waals surface area contributed by atoms with E-state index in [1.54, 1.807) is 0 Å². The molecule has 0 spiro atoms. The Bertz CT molecular complexity index is 114. The smallest absolute Gasteiger partial charge is 0.000209 e. The quantitative estimate of drug-likeness (QED) is 0.535. The first-order valence-electron chi connectivity index (χ1n) is 5.30. The summed E-state index contributed by atoms with van der Waals surface area (Å²) in [4.78, 5) is 0. The molecular weight excluding hydrogens is 259 g/mol. The van der Waals surface area contributed by atoms with Gasteiger partial charge in [0.1, 0.15) is 0 Å². The van der Waals surface area contributed by atoms with Crippen molar-refractivity contribution in [3.8, 4) is 0 Å². The first-order valence-corrected chi connectivity index (χ1v) is 6.82. The standard InChI is InChI=1S/C11H21I/c1-9-3-5-11(6-4-9)10(2)7-8-12/h9-11H,3-8H2,1-2H3. The normalized spacial score (nSPS) is 33.2. The van der Waals surface area contributed by atoms with E-state index < -0.39 is 0 Å². The molecule has 72 valence electrons. The molecule has 0 aromatic carbocycles. The minimum atomic E-state index is 0.981. The highest BCUT2D eigenvalue weighted by Gasteiger charge is 2.22. The van der Waals surface area contributed by atoms with Crippen LogP contribution >= 0.6 is 22.6 Å². The zero-order chi connectivity index (χ0) is 8.97. The third-order valence-corrected chi connectivity index (χ3v) is 4.05. The van der Waals surface area contributed by atoms with Gasteiger partial charge in [0.15, 0.2) is 0 Å². The van der Waals surface area contributed by atoms with Crippen molar-refractivity contribution in [3.63, 3.8) is 0 Å². The maximum Gasteiger partial charge on any atom is -0.000209 e. The fourth-order valence-electron chi connectivity index (χ4n) is 2.26. The molecule has 0 aromatic rings.